The van der Waals surface area contributed by atoms with Crippen molar-refractivity contribution in [1.29, 1.82) is 0 Å². The van der Waals surface area contributed by atoms with E-state index in [-0.39, 0.29) is 27.1 Å². The van der Waals surface area contributed by atoms with Crippen LogP contribution in [-0.4, -0.2) is 10.8 Å². The van der Waals surface area contributed by atoms with Gasteiger partial charge in [0, 0.05) is 0 Å². The Hall–Kier alpha value is -2.26. The second-order valence-corrected chi connectivity index (χ2v) is 5.87. The highest BCUT2D eigenvalue weighted by Crippen LogP contribution is 2.33. The molecule has 2 aromatic carbocycles. The molecule has 2 aromatic rings. The molecule has 0 atom stereocenters. The zero-order valence-electron chi connectivity index (χ0n) is 13.1. The molecule has 0 aromatic heterocycles. The van der Waals surface area contributed by atoms with Gasteiger partial charge in [0.25, 0.3) is 0 Å². The molecule has 0 aliphatic rings. The lowest BCUT2D eigenvalue weighted by atomic mass is 10.1. The molecule has 0 saturated carbocycles. The van der Waals surface area contributed by atoms with E-state index in [0.717, 1.165) is 30.3 Å². The molecule has 2 rings (SSSR count). The highest BCUT2D eigenvalue weighted by atomic mass is 35.5. The minimum absolute atomic E-state index is 0.00278. The van der Waals surface area contributed by atoms with Gasteiger partial charge >= 0.3 is 6.18 Å². The summed E-state index contributed by atoms with van der Waals surface area (Å²) in [5, 5.41) is 5.98. The predicted molar refractivity (Wildman–Crippen MR) is 94.4 cm³/mol. The van der Waals surface area contributed by atoms with Crippen molar-refractivity contribution in [3.05, 3.63) is 64.2 Å². The van der Waals surface area contributed by atoms with Crippen LogP contribution < -0.4 is 10.7 Å². The van der Waals surface area contributed by atoms with Gasteiger partial charge in [0.1, 0.15) is 11.6 Å². The summed E-state index contributed by atoms with van der Waals surface area (Å²) < 4.78 is 65.5. The topological polar surface area (TPSA) is 36.4 Å². The molecule has 0 fully saturated rings. The van der Waals surface area contributed by atoms with Gasteiger partial charge in [-0.1, -0.05) is 17.7 Å². The second kappa shape index (κ2) is 7.96. The number of benzene rings is 2. The van der Waals surface area contributed by atoms with Crippen LogP contribution in [0.2, 0.25) is 5.02 Å². The fourth-order valence-corrected chi connectivity index (χ4v) is 2.30. The molecule has 138 valence electrons. The van der Waals surface area contributed by atoms with Crippen molar-refractivity contribution in [2.24, 2.45) is 5.10 Å². The number of rotatable bonds is 3. The van der Waals surface area contributed by atoms with Gasteiger partial charge in [-0.3, -0.25) is 5.43 Å². The zero-order valence-corrected chi connectivity index (χ0v) is 14.7. The van der Waals surface area contributed by atoms with E-state index in [2.05, 4.69) is 15.8 Å². The summed E-state index contributed by atoms with van der Waals surface area (Å²) in [5.41, 5.74) is 0.905. The Morgan fingerprint density at radius 1 is 1.12 bits per heavy atom. The Balaban J connectivity index is 2.14. The summed E-state index contributed by atoms with van der Waals surface area (Å²) in [7, 11) is 0. The van der Waals surface area contributed by atoms with Crippen molar-refractivity contribution in [1.82, 2.24) is 5.43 Å². The number of nitrogens with one attached hydrogen (secondary N) is 2. The number of thiocarbonyl (C=S) groups is 1. The molecule has 0 aliphatic heterocycles. The maximum Gasteiger partial charge on any atom is 0.416 e. The Morgan fingerprint density at radius 2 is 1.73 bits per heavy atom. The molecular formula is C16H11ClF5N3S. The van der Waals surface area contributed by atoms with Crippen molar-refractivity contribution in [2.45, 2.75) is 13.1 Å². The Kier molecular flexibility index (Phi) is 6.14. The summed E-state index contributed by atoms with van der Waals surface area (Å²) in [6.07, 6.45) is -4.55. The lowest BCUT2D eigenvalue weighted by Crippen LogP contribution is -2.25. The Bertz CT molecular complexity index is 847. The molecule has 0 amide bonds. The number of alkyl halides is 3. The van der Waals surface area contributed by atoms with E-state index in [1.54, 1.807) is 0 Å². The summed E-state index contributed by atoms with van der Waals surface area (Å²) in [5.74, 6) is -1.62. The minimum Gasteiger partial charge on any atom is -0.330 e. The molecule has 0 spiro atoms. The van der Waals surface area contributed by atoms with E-state index in [9.17, 15) is 22.0 Å². The molecule has 0 heterocycles. The standard InChI is InChI=1S/C16H11ClF5N3S/c1-8(14-11(18)3-2-4-12(14)19)24-25-15(26)23-13-7-9(16(20,21)22)5-6-10(13)17/h2-7H,1H3,(H2,23,25,26)/b24-8-. The van der Waals surface area contributed by atoms with Crippen LogP contribution in [0, 0.1) is 11.6 Å². The van der Waals surface area contributed by atoms with E-state index in [0.29, 0.717) is 0 Å². The molecule has 26 heavy (non-hydrogen) atoms. The van der Waals surface area contributed by atoms with Gasteiger partial charge < -0.3 is 5.32 Å². The van der Waals surface area contributed by atoms with Crippen molar-refractivity contribution in [3.63, 3.8) is 0 Å². The van der Waals surface area contributed by atoms with E-state index < -0.39 is 23.4 Å². The lowest BCUT2D eigenvalue weighted by molar-refractivity contribution is -0.137. The van der Waals surface area contributed by atoms with Gasteiger partial charge in [0.2, 0.25) is 0 Å². The van der Waals surface area contributed by atoms with Gasteiger partial charge in [0.05, 0.1) is 27.5 Å². The Morgan fingerprint density at radius 3 is 2.31 bits per heavy atom. The first-order chi connectivity index (χ1) is 12.1. The fourth-order valence-electron chi connectivity index (χ4n) is 1.98. The largest absolute Gasteiger partial charge is 0.416 e. The van der Waals surface area contributed by atoms with Crippen molar-refractivity contribution in [3.8, 4) is 0 Å². The van der Waals surface area contributed by atoms with Crippen LogP contribution in [0.3, 0.4) is 0 Å². The lowest BCUT2D eigenvalue weighted by Gasteiger charge is -2.13. The van der Waals surface area contributed by atoms with Crippen molar-refractivity contribution >= 4 is 40.3 Å². The summed E-state index contributed by atoms with van der Waals surface area (Å²) in [6, 6.07) is 6.01. The van der Waals surface area contributed by atoms with E-state index in [1.807, 2.05) is 0 Å². The molecule has 0 bridgehead atoms. The highest BCUT2D eigenvalue weighted by molar-refractivity contribution is 7.80. The zero-order chi connectivity index (χ0) is 19.5. The van der Waals surface area contributed by atoms with Crippen LogP contribution in [0.25, 0.3) is 0 Å². The SMILES string of the molecule is C/C(=N/NC(=S)Nc1cc(C(F)(F)F)ccc1Cl)c1c(F)cccc1F. The predicted octanol–water partition coefficient (Wildman–Crippen LogP) is 5.35. The summed E-state index contributed by atoms with van der Waals surface area (Å²) in [6.45, 7) is 1.34. The number of nitrogens with zero attached hydrogens (tertiary/aromatic N) is 1. The van der Waals surface area contributed by atoms with Crippen LogP contribution in [0.15, 0.2) is 41.5 Å². The Labute approximate surface area is 155 Å². The van der Waals surface area contributed by atoms with Crippen LogP contribution in [0.1, 0.15) is 18.1 Å². The quantitative estimate of drug-likeness (QED) is 0.312. The molecule has 0 unspecified atom stereocenters. The minimum atomic E-state index is -4.55. The summed E-state index contributed by atoms with van der Waals surface area (Å²) >= 11 is 10.7. The van der Waals surface area contributed by atoms with Gasteiger partial charge in [-0.05, 0) is 49.5 Å². The van der Waals surface area contributed by atoms with Crippen molar-refractivity contribution in [2.75, 3.05) is 5.32 Å². The van der Waals surface area contributed by atoms with Crippen LogP contribution in [0.5, 0.6) is 0 Å². The molecule has 10 heteroatoms. The molecule has 3 nitrogen and oxygen atoms in total. The first-order valence-electron chi connectivity index (χ1n) is 7.02. The van der Waals surface area contributed by atoms with Gasteiger partial charge in [-0.15, -0.1) is 0 Å². The third kappa shape index (κ3) is 4.89. The van der Waals surface area contributed by atoms with Crippen LogP contribution in [0.4, 0.5) is 27.6 Å². The molecule has 0 saturated heterocycles. The third-order valence-electron chi connectivity index (χ3n) is 3.19. The smallest absolute Gasteiger partial charge is 0.330 e. The first kappa shape index (κ1) is 20.1. The maximum atomic E-state index is 13.7. The fraction of sp³-hybridized carbons (Fsp3) is 0.125. The highest BCUT2D eigenvalue weighted by Gasteiger charge is 2.31. The molecule has 2 N–H and O–H groups in total. The average Bonchev–Trinajstić information content (AvgIpc) is 2.53. The van der Waals surface area contributed by atoms with Crippen molar-refractivity contribution < 1.29 is 22.0 Å². The number of hydrogen-bond donors (Lipinski definition) is 2. The maximum absolute atomic E-state index is 13.7. The van der Waals surface area contributed by atoms with E-state index >= 15 is 0 Å². The first-order valence-corrected chi connectivity index (χ1v) is 7.80. The van der Waals surface area contributed by atoms with Crippen LogP contribution >= 0.6 is 23.8 Å². The number of anilines is 1. The summed E-state index contributed by atoms with van der Waals surface area (Å²) in [4.78, 5) is 0. The van der Waals surface area contributed by atoms with Gasteiger partial charge in [-0.25, -0.2) is 8.78 Å². The van der Waals surface area contributed by atoms with Crippen LogP contribution in [-0.2, 0) is 6.18 Å². The average molecular weight is 408 g/mol. The monoisotopic (exact) mass is 407 g/mol. The second-order valence-electron chi connectivity index (χ2n) is 5.05. The van der Waals surface area contributed by atoms with E-state index in [1.165, 1.54) is 13.0 Å². The third-order valence-corrected chi connectivity index (χ3v) is 3.71. The van der Waals surface area contributed by atoms with E-state index in [4.69, 9.17) is 23.8 Å². The number of halogens is 6. The number of hydrogen-bond acceptors (Lipinski definition) is 2. The van der Waals surface area contributed by atoms with Gasteiger partial charge in [-0.2, -0.15) is 18.3 Å². The molecule has 0 aliphatic carbocycles. The van der Waals surface area contributed by atoms with Gasteiger partial charge in [0.15, 0.2) is 5.11 Å². The molecular weight excluding hydrogens is 397 g/mol. The normalized spacial score (nSPS) is 12.0. The number of hydrazone groups is 1. The molecule has 0 radical (unpaired) electrons.